The number of nitriles is 1. The Balaban J connectivity index is 1.77. The molecule has 0 saturated carbocycles. The van der Waals surface area contributed by atoms with Crippen molar-refractivity contribution >= 4 is 34.8 Å². The van der Waals surface area contributed by atoms with E-state index in [-0.39, 0.29) is 24.8 Å². The molecule has 1 atom stereocenters. The maximum Gasteiger partial charge on any atom is 0.229 e. The molecule has 8 heteroatoms. The second-order valence-corrected chi connectivity index (χ2v) is 6.65. The number of ether oxygens (including phenoxy) is 2. The van der Waals surface area contributed by atoms with Crippen LogP contribution in [0, 0.1) is 17.2 Å². The van der Waals surface area contributed by atoms with Gasteiger partial charge in [0.05, 0.1) is 42.5 Å². The molecule has 2 aromatic rings. The first kappa shape index (κ1) is 19.5. The van der Waals surface area contributed by atoms with Gasteiger partial charge < -0.3 is 19.7 Å². The molecule has 1 heterocycles. The van der Waals surface area contributed by atoms with Gasteiger partial charge in [-0.25, -0.2) is 0 Å². The molecule has 1 N–H and O–H groups in total. The van der Waals surface area contributed by atoms with Gasteiger partial charge in [0.2, 0.25) is 11.8 Å². The van der Waals surface area contributed by atoms with E-state index in [0.29, 0.717) is 33.5 Å². The third-order valence-corrected chi connectivity index (χ3v) is 4.81. The molecule has 1 aliphatic rings. The summed E-state index contributed by atoms with van der Waals surface area (Å²) in [5, 5.41) is 12.2. The highest BCUT2D eigenvalue weighted by atomic mass is 35.5. The number of halogens is 1. The zero-order chi connectivity index (χ0) is 20.3. The summed E-state index contributed by atoms with van der Waals surface area (Å²) >= 11 is 6.08. The van der Waals surface area contributed by atoms with Crippen LogP contribution in [-0.2, 0) is 9.59 Å². The van der Waals surface area contributed by atoms with Crippen molar-refractivity contribution in [1.29, 1.82) is 5.26 Å². The maximum atomic E-state index is 12.7. The van der Waals surface area contributed by atoms with Gasteiger partial charge in [0.15, 0.2) is 0 Å². The van der Waals surface area contributed by atoms with E-state index < -0.39 is 5.92 Å². The van der Waals surface area contributed by atoms with Crippen molar-refractivity contribution in [1.82, 2.24) is 0 Å². The lowest BCUT2D eigenvalue weighted by Crippen LogP contribution is -2.28. The van der Waals surface area contributed by atoms with Gasteiger partial charge >= 0.3 is 0 Å². The molecule has 1 aliphatic heterocycles. The molecule has 0 aliphatic carbocycles. The van der Waals surface area contributed by atoms with Crippen LogP contribution >= 0.6 is 11.6 Å². The van der Waals surface area contributed by atoms with E-state index in [0.717, 1.165) is 0 Å². The molecular formula is C20H18ClN3O4. The first-order valence-electron chi connectivity index (χ1n) is 8.49. The Hall–Kier alpha value is -3.24. The highest BCUT2D eigenvalue weighted by molar-refractivity contribution is 6.32. The fourth-order valence-corrected chi connectivity index (χ4v) is 3.30. The van der Waals surface area contributed by atoms with E-state index in [1.54, 1.807) is 36.4 Å². The Bertz CT molecular complexity index is 970. The number of nitrogens with zero attached hydrogens (tertiary/aromatic N) is 2. The van der Waals surface area contributed by atoms with Crippen LogP contribution in [0.1, 0.15) is 12.0 Å². The number of hydrogen-bond acceptors (Lipinski definition) is 5. The number of nitrogens with one attached hydrogen (secondary N) is 1. The van der Waals surface area contributed by atoms with Gasteiger partial charge in [0.1, 0.15) is 11.5 Å². The summed E-state index contributed by atoms with van der Waals surface area (Å²) in [6.07, 6.45) is 0.0790. The van der Waals surface area contributed by atoms with E-state index in [1.807, 2.05) is 6.07 Å². The van der Waals surface area contributed by atoms with E-state index in [1.165, 1.54) is 19.1 Å². The van der Waals surface area contributed by atoms with Crippen molar-refractivity contribution in [3.05, 3.63) is 47.0 Å². The van der Waals surface area contributed by atoms with Crippen molar-refractivity contribution in [3.8, 4) is 17.6 Å². The van der Waals surface area contributed by atoms with Crippen molar-refractivity contribution in [2.75, 3.05) is 31.0 Å². The normalized spacial score (nSPS) is 15.9. The van der Waals surface area contributed by atoms with E-state index >= 15 is 0 Å². The second-order valence-electron chi connectivity index (χ2n) is 6.24. The lowest BCUT2D eigenvalue weighted by Gasteiger charge is -2.17. The van der Waals surface area contributed by atoms with Crippen LogP contribution in [0.25, 0.3) is 0 Å². The molecule has 2 amide bonds. The second kappa shape index (κ2) is 8.19. The SMILES string of the molecule is COc1cc(NC(=O)C2CC(=O)N(c3cccc(C#N)c3)C2)c(OC)cc1Cl. The minimum atomic E-state index is -0.537. The summed E-state index contributed by atoms with van der Waals surface area (Å²) in [5.41, 5.74) is 1.47. The zero-order valence-electron chi connectivity index (χ0n) is 15.4. The Morgan fingerprint density at radius 2 is 2.00 bits per heavy atom. The van der Waals surface area contributed by atoms with Crippen molar-refractivity contribution in [2.45, 2.75) is 6.42 Å². The number of carbonyl (C=O) groups excluding carboxylic acids is 2. The molecule has 0 bridgehead atoms. The minimum absolute atomic E-state index is 0.0790. The quantitative estimate of drug-likeness (QED) is 0.833. The Labute approximate surface area is 167 Å². The van der Waals surface area contributed by atoms with Crippen LogP contribution in [0.3, 0.4) is 0 Å². The molecule has 1 unspecified atom stereocenters. The fourth-order valence-electron chi connectivity index (χ4n) is 3.07. The molecule has 0 spiro atoms. The molecular weight excluding hydrogens is 382 g/mol. The Morgan fingerprint density at radius 1 is 1.25 bits per heavy atom. The lowest BCUT2D eigenvalue weighted by atomic mass is 10.1. The summed E-state index contributed by atoms with van der Waals surface area (Å²) in [4.78, 5) is 26.7. The zero-order valence-corrected chi connectivity index (χ0v) is 16.1. The van der Waals surface area contributed by atoms with Crippen LogP contribution in [0.15, 0.2) is 36.4 Å². The molecule has 3 rings (SSSR count). The molecule has 0 radical (unpaired) electrons. The number of methoxy groups -OCH3 is 2. The number of benzene rings is 2. The first-order valence-corrected chi connectivity index (χ1v) is 8.87. The van der Waals surface area contributed by atoms with Crippen LogP contribution < -0.4 is 19.7 Å². The standard InChI is InChI=1S/C20H18ClN3O4/c1-27-17-9-16(18(28-2)8-15(17)21)23-20(26)13-7-19(25)24(11-13)14-5-3-4-12(6-14)10-22/h3-6,8-9,13H,7,11H2,1-2H3,(H,23,26). The Kier molecular flexibility index (Phi) is 5.71. The van der Waals surface area contributed by atoms with Crippen LogP contribution in [0.5, 0.6) is 11.5 Å². The number of anilines is 2. The van der Waals surface area contributed by atoms with Crippen LogP contribution in [0.2, 0.25) is 5.02 Å². The molecule has 0 aromatic heterocycles. The van der Waals surface area contributed by atoms with E-state index in [9.17, 15) is 9.59 Å². The molecule has 1 saturated heterocycles. The molecule has 7 nitrogen and oxygen atoms in total. The van der Waals surface area contributed by atoms with Crippen LogP contribution in [0.4, 0.5) is 11.4 Å². The average molecular weight is 400 g/mol. The maximum absolute atomic E-state index is 12.7. The molecule has 1 fully saturated rings. The Morgan fingerprint density at radius 3 is 2.68 bits per heavy atom. The third-order valence-electron chi connectivity index (χ3n) is 4.51. The average Bonchev–Trinajstić information content (AvgIpc) is 3.10. The number of hydrogen-bond donors (Lipinski definition) is 1. The third kappa shape index (κ3) is 3.87. The monoisotopic (exact) mass is 399 g/mol. The van der Waals surface area contributed by atoms with Gasteiger partial charge in [0.25, 0.3) is 0 Å². The predicted molar refractivity (Wildman–Crippen MR) is 105 cm³/mol. The van der Waals surface area contributed by atoms with E-state index in [2.05, 4.69) is 5.32 Å². The molecule has 144 valence electrons. The van der Waals surface area contributed by atoms with Crippen molar-refractivity contribution in [3.63, 3.8) is 0 Å². The van der Waals surface area contributed by atoms with Gasteiger partial charge in [-0.15, -0.1) is 0 Å². The summed E-state index contributed by atoms with van der Waals surface area (Å²) in [6, 6.07) is 11.9. The van der Waals surface area contributed by atoms with Gasteiger partial charge in [-0.1, -0.05) is 17.7 Å². The number of amides is 2. The topological polar surface area (TPSA) is 91.7 Å². The van der Waals surface area contributed by atoms with Gasteiger partial charge in [-0.2, -0.15) is 5.26 Å². The minimum Gasteiger partial charge on any atom is -0.495 e. The van der Waals surface area contributed by atoms with Crippen LogP contribution in [-0.4, -0.2) is 32.6 Å². The van der Waals surface area contributed by atoms with Crippen molar-refractivity contribution in [2.24, 2.45) is 5.92 Å². The predicted octanol–water partition coefficient (Wildman–Crippen LogP) is 3.22. The molecule has 2 aromatic carbocycles. The first-order chi connectivity index (χ1) is 13.5. The summed E-state index contributed by atoms with van der Waals surface area (Å²) in [6.45, 7) is 0.229. The van der Waals surface area contributed by atoms with Gasteiger partial charge in [-0.3, -0.25) is 9.59 Å². The largest absolute Gasteiger partial charge is 0.495 e. The summed E-state index contributed by atoms with van der Waals surface area (Å²) in [7, 11) is 2.94. The van der Waals surface area contributed by atoms with Crippen molar-refractivity contribution < 1.29 is 19.1 Å². The smallest absolute Gasteiger partial charge is 0.229 e. The summed E-state index contributed by atoms with van der Waals surface area (Å²) in [5.74, 6) is -0.229. The van der Waals surface area contributed by atoms with Gasteiger partial charge in [-0.05, 0) is 18.2 Å². The van der Waals surface area contributed by atoms with E-state index in [4.69, 9.17) is 26.3 Å². The summed E-state index contributed by atoms with van der Waals surface area (Å²) < 4.78 is 10.4. The molecule has 28 heavy (non-hydrogen) atoms. The lowest BCUT2D eigenvalue weighted by molar-refractivity contribution is -0.122. The highest BCUT2D eigenvalue weighted by Crippen LogP contribution is 2.36. The fraction of sp³-hybridized carbons (Fsp3) is 0.250. The number of carbonyl (C=O) groups is 2. The van der Waals surface area contributed by atoms with Gasteiger partial charge in [0, 0.05) is 30.8 Å². The highest BCUT2D eigenvalue weighted by Gasteiger charge is 2.35. The number of rotatable bonds is 5.